The molecule has 0 radical (unpaired) electrons. The standard InChI is InChI=1S/C9H18N2O4S2/c1-3-7(6-8(10)16)11-17(13,14)5-4-9(12)15-2/h7,11H,3-6H2,1-2H3,(H2,10,16). The molecule has 0 aromatic rings. The highest BCUT2D eigenvalue weighted by molar-refractivity contribution is 7.89. The number of thiocarbonyl (C=S) groups is 1. The Balaban J connectivity index is 4.31. The summed E-state index contributed by atoms with van der Waals surface area (Å²) in [5.74, 6) is -0.856. The number of esters is 1. The average Bonchev–Trinajstić information content (AvgIpc) is 2.24. The lowest BCUT2D eigenvalue weighted by molar-refractivity contribution is -0.140. The van der Waals surface area contributed by atoms with Gasteiger partial charge in [0.2, 0.25) is 10.0 Å². The molecule has 0 saturated heterocycles. The van der Waals surface area contributed by atoms with Crippen LogP contribution in [0.3, 0.4) is 0 Å². The summed E-state index contributed by atoms with van der Waals surface area (Å²) in [5.41, 5.74) is 5.35. The van der Waals surface area contributed by atoms with E-state index < -0.39 is 16.0 Å². The van der Waals surface area contributed by atoms with Crippen molar-refractivity contribution in [3.05, 3.63) is 0 Å². The van der Waals surface area contributed by atoms with E-state index in [0.29, 0.717) is 12.8 Å². The topological polar surface area (TPSA) is 98.5 Å². The molecule has 100 valence electrons. The summed E-state index contributed by atoms with van der Waals surface area (Å²) in [4.78, 5) is 11.1. The lowest BCUT2D eigenvalue weighted by atomic mass is 10.2. The van der Waals surface area contributed by atoms with Gasteiger partial charge in [-0.05, 0) is 6.42 Å². The van der Waals surface area contributed by atoms with Gasteiger partial charge < -0.3 is 10.5 Å². The first-order valence-corrected chi connectivity index (χ1v) is 7.22. The van der Waals surface area contributed by atoms with Crippen LogP contribution in [-0.2, 0) is 19.6 Å². The fourth-order valence-electron chi connectivity index (χ4n) is 1.14. The van der Waals surface area contributed by atoms with Crippen molar-refractivity contribution in [2.75, 3.05) is 12.9 Å². The molecule has 0 saturated carbocycles. The van der Waals surface area contributed by atoms with Crippen LogP contribution in [-0.4, -0.2) is 38.3 Å². The fourth-order valence-corrected chi connectivity index (χ4v) is 2.66. The van der Waals surface area contributed by atoms with Crippen molar-refractivity contribution < 1.29 is 17.9 Å². The first-order valence-electron chi connectivity index (χ1n) is 5.15. The summed E-state index contributed by atoms with van der Waals surface area (Å²) in [7, 11) is -2.30. The number of ether oxygens (including phenoxy) is 1. The highest BCUT2D eigenvalue weighted by atomic mass is 32.2. The number of nitrogens with one attached hydrogen (secondary N) is 1. The predicted molar refractivity (Wildman–Crippen MR) is 69.0 cm³/mol. The molecule has 3 N–H and O–H groups in total. The summed E-state index contributed by atoms with van der Waals surface area (Å²) >= 11 is 4.72. The van der Waals surface area contributed by atoms with E-state index in [2.05, 4.69) is 9.46 Å². The number of hydrogen-bond acceptors (Lipinski definition) is 5. The zero-order chi connectivity index (χ0) is 13.5. The van der Waals surface area contributed by atoms with Crippen molar-refractivity contribution >= 4 is 33.2 Å². The van der Waals surface area contributed by atoms with Gasteiger partial charge in [0, 0.05) is 12.5 Å². The Morgan fingerprint density at radius 3 is 2.53 bits per heavy atom. The van der Waals surface area contributed by atoms with E-state index in [0.717, 1.165) is 0 Å². The molecule has 0 rings (SSSR count). The molecule has 17 heavy (non-hydrogen) atoms. The summed E-state index contributed by atoms with van der Waals surface area (Å²) in [6.45, 7) is 1.83. The summed E-state index contributed by atoms with van der Waals surface area (Å²) in [6.07, 6.45) is 0.716. The van der Waals surface area contributed by atoms with Gasteiger partial charge in [-0.25, -0.2) is 13.1 Å². The number of rotatable bonds is 8. The van der Waals surface area contributed by atoms with Crippen LogP contribution in [0, 0.1) is 0 Å². The largest absolute Gasteiger partial charge is 0.469 e. The van der Waals surface area contributed by atoms with Crippen molar-refractivity contribution in [2.24, 2.45) is 5.73 Å². The Bertz CT molecular complexity index is 367. The molecule has 0 aromatic heterocycles. The van der Waals surface area contributed by atoms with E-state index in [1.54, 1.807) is 0 Å². The minimum Gasteiger partial charge on any atom is -0.469 e. The van der Waals surface area contributed by atoms with Gasteiger partial charge in [-0.1, -0.05) is 19.1 Å². The number of sulfonamides is 1. The zero-order valence-corrected chi connectivity index (χ0v) is 11.6. The summed E-state index contributed by atoms with van der Waals surface area (Å²) < 4.78 is 30.0. The van der Waals surface area contributed by atoms with Crippen LogP contribution in [0.4, 0.5) is 0 Å². The van der Waals surface area contributed by atoms with Crippen molar-refractivity contribution in [2.45, 2.75) is 32.2 Å². The van der Waals surface area contributed by atoms with E-state index in [-0.39, 0.29) is 23.2 Å². The molecule has 0 aromatic carbocycles. The van der Waals surface area contributed by atoms with Crippen molar-refractivity contribution in [1.29, 1.82) is 0 Å². The molecule has 6 nitrogen and oxygen atoms in total. The van der Waals surface area contributed by atoms with E-state index in [1.165, 1.54) is 7.11 Å². The van der Waals surface area contributed by atoms with Gasteiger partial charge in [-0.2, -0.15) is 0 Å². The first-order chi connectivity index (χ1) is 7.80. The Hall–Kier alpha value is -0.730. The smallest absolute Gasteiger partial charge is 0.306 e. The highest BCUT2D eigenvalue weighted by Gasteiger charge is 2.18. The average molecular weight is 282 g/mol. The molecule has 0 aliphatic carbocycles. The predicted octanol–water partition coefficient (Wildman–Crippen LogP) is -0.0763. The van der Waals surface area contributed by atoms with E-state index in [1.807, 2.05) is 6.92 Å². The monoisotopic (exact) mass is 282 g/mol. The van der Waals surface area contributed by atoms with Crippen molar-refractivity contribution in [3.63, 3.8) is 0 Å². The maximum absolute atomic E-state index is 11.6. The van der Waals surface area contributed by atoms with Crippen LogP contribution in [0.5, 0.6) is 0 Å². The van der Waals surface area contributed by atoms with Gasteiger partial charge in [-0.3, -0.25) is 4.79 Å². The number of carbonyl (C=O) groups excluding carboxylic acids is 1. The SMILES string of the molecule is CCC(CC(N)=S)NS(=O)(=O)CCC(=O)OC. The van der Waals surface area contributed by atoms with E-state index in [9.17, 15) is 13.2 Å². The minimum absolute atomic E-state index is 0.171. The Morgan fingerprint density at radius 1 is 1.53 bits per heavy atom. The van der Waals surface area contributed by atoms with E-state index in [4.69, 9.17) is 18.0 Å². The molecule has 0 fully saturated rings. The highest BCUT2D eigenvalue weighted by Crippen LogP contribution is 2.02. The van der Waals surface area contributed by atoms with Crippen LogP contribution in [0.2, 0.25) is 0 Å². The summed E-state index contributed by atoms with van der Waals surface area (Å²) in [5, 5.41) is 0. The molecular weight excluding hydrogens is 264 g/mol. The van der Waals surface area contributed by atoms with Crippen LogP contribution in [0.15, 0.2) is 0 Å². The lowest BCUT2D eigenvalue weighted by Gasteiger charge is -2.15. The molecular formula is C9H18N2O4S2. The molecule has 0 aliphatic heterocycles. The van der Waals surface area contributed by atoms with Crippen LogP contribution < -0.4 is 10.5 Å². The van der Waals surface area contributed by atoms with Gasteiger partial charge in [0.25, 0.3) is 0 Å². The maximum atomic E-state index is 11.6. The molecule has 1 unspecified atom stereocenters. The third kappa shape index (κ3) is 8.06. The third-order valence-electron chi connectivity index (χ3n) is 2.09. The molecule has 0 heterocycles. The Kier molecular flexibility index (Phi) is 7.24. The third-order valence-corrected chi connectivity index (χ3v) is 3.69. The Labute approximate surface area is 107 Å². The second-order valence-electron chi connectivity index (χ2n) is 3.54. The van der Waals surface area contributed by atoms with Crippen molar-refractivity contribution in [3.8, 4) is 0 Å². The molecule has 0 amide bonds. The molecule has 0 aliphatic rings. The second-order valence-corrected chi connectivity index (χ2v) is 5.94. The quantitative estimate of drug-likeness (QED) is 0.477. The number of carbonyl (C=O) groups is 1. The lowest BCUT2D eigenvalue weighted by Crippen LogP contribution is -2.38. The van der Waals surface area contributed by atoms with Crippen LogP contribution in [0.25, 0.3) is 0 Å². The number of hydrogen-bond donors (Lipinski definition) is 2. The van der Waals surface area contributed by atoms with Gasteiger partial charge in [0.05, 0.1) is 24.3 Å². The molecule has 1 atom stereocenters. The normalized spacial score (nSPS) is 13.1. The Morgan fingerprint density at radius 2 is 2.12 bits per heavy atom. The minimum atomic E-state index is -3.51. The van der Waals surface area contributed by atoms with E-state index >= 15 is 0 Å². The number of nitrogens with two attached hydrogens (primary N) is 1. The van der Waals surface area contributed by atoms with Gasteiger partial charge >= 0.3 is 5.97 Å². The number of methoxy groups -OCH3 is 1. The molecule has 8 heteroatoms. The first kappa shape index (κ1) is 16.3. The fraction of sp³-hybridized carbons (Fsp3) is 0.778. The molecule has 0 bridgehead atoms. The van der Waals surface area contributed by atoms with Crippen molar-refractivity contribution in [1.82, 2.24) is 4.72 Å². The van der Waals surface area contributed by atoms with Gasteiger partial charge in [0.1, 0.15) is 0 Å². The van der Waals surface area contributed by atoms with Crippen LogP contribution in [0.1, 0.15) is 26.2 Å². The van der Waals surface area contributed by atoms with Gasteiger partial charge in [-0.15, -0.1) is 0 Å². The molecule has 0 spiro atoms. The van der Waals surface area contributed by atoms with Gasteiger partial charge in [0.15, 0.2) is 0 Å². The second kappa shape index (κ2) is 7.57. The van der Waals surface area contributed by atoms with Crippen LogP contribution >= 0.6 is 12.2 Å². The zero-order valence-electron chi connectivity index (χ0n) is 9.93. The maximum Gasteiger partial charge on any atom is 0.306 e. The summed E-state index contributed by atoms with van der Waals surface area (Å²) in [6, 6.07) is -0.324.